The van der Waals surface area contributed by atoms with Gasteiger partial charge in [-0.3, -0.25) is 19.2 Å². The smallest absolute Gasteiger partial charge is 0.319 e. The molecule has 0 aliphatic heterocycles. The fraction of sp³-hybridized carbons (Fsp3) is 0.833. The van der Waals surface area contributed by atoms with Crippen molar-refractivity contribution in [2.45, 2.75) is 125 Å². The molecule has 2 N–H and O–H groups in total. The molecule has 0 bridgehead atoms. The van der Waals surface area contributed by atoms with Crippen LogP contribution in [0, 0.1) is 5.41 Å². The molecule has 0 heterocycles. The van der Waals surface area contributed by atoms with E-state index >= 15 is 0 Å². The van der Waals surface area contributed by atoms with Gasteiger partial charge in [-0.2, -0.15) is 0 Å². The van der Waals surface area contributed by atoms with Crippen molar-refractivity contribution >= 4 is 23.9 Å². The first-order valence-electron chi connectivity index (χ1n) is 11.7. The van der Waals surface area contributed by atoms with E-state index in [1.165, 1.54) is 25.7 Å². The van der Waals surface area contributed by atoms with Crippen LogP contribution in [0.5, 0.6) is 0 Å². The predicted molar refractivity (Wildman–Crippen MR) is 123 cm³/mol. The topological polar surface area (TPSA) is 118 Å². The molecule has 0 amide bonds. The largest absolute Gasteiger partial charge is 0.481 e. The highest BCUT2D eigenvalue weighted by Crippen LogP contribution is 2.26. The lowest BCUT2D eigenvalue weighted by Gasteiger charge is -2.21. The minimum Gasteiger partial charge on any atom is -0.481 e. The summed E-state index contributed by atoms with van der Waals surface area (Å²) in [5.41, 5.74) is -0.547. The van der Waals surface area contributed by atoms with Gasteiger partial charge in [0.15, 0.2) is 0 Å². The summed E-state index contributed by atoms with van der Waals surface area (Å²) in [5, 5.41) is 15.8. The minimum absolute atomic E-state index is 0.292. The van der Waals surface area contributed by atoms with E-state index in [1.807, 2.05) is 34.6 Å². The van der Waals surface area contributed by atoms with E-state index in [9.17, 15) is 19.2 Å². The van der Waals surface area contributed by atoms with Gasteiger partial charge in [0.25, 0.3) is 0 Å². The fourth-order valence-corrected chi connectivity index (χ4v) is 2.37. The summed E-state index contributed by atoms with van der Waals surface area (Å²) in [6, 6.07) is 0. The molecule has 0 aliphatic rings. The predicted octanol–water partition coefficient (Wildman–Crippen LogP) is 6.38. The molecule has 0 aromatic rings. The molecule has 0 aromatic carbocycles. The maximum Gasteiger partial charge on any atom is 0.319 e. The fourth-order valence-electron chi connectivity index (χ4n) is 2.37. The number of esters is 2. The summed E-state index contributed by atoms with van der Waals surface area (Å²) in [6.07, 6.45) is 11.1. The first-order chi connectivity index (χ1) is 14.5. The SMILES string of the molecule is CCCC(=O)O.CCCC(=O)O.CCCCCCCCC(C)(C)C(=O)OC(=O)CCC. The van der Waals surface area contributed by atoms with E-state index < -0.39 is 23.3 Å². The summed E-state index contributed by atoms with van der Waals surface area (Å²) >= 11 is 0. The summed E-state index contributed by atoms with van der Waals surface area (Å²) in [6.45, 7) is 11.5. The molecule has 0 unspecified atom stereocenters. The Morgan fingerprint density at radius 1 is 0.645 bits per heavy atom. The lowest BCUT2D eigenvalue weighted by molar-refractivity contribution is -0.166. The van der Waals surface area contributed by atoms with Crippen molar-refractivity contribution in [2.75, 3.05) is 0 Å². The number of carbonyl (C=O) groups excluding carboxylic acids is 2. The maximum absolute atomic E-state index is 11.9. The number of carboxylic acid groups (broad SMARTS) is 2. The first kappa shape index (κ1) is 33.7. The van der Waals surface area contributed by atoms with Crippen LogP contribution in [0.15, 0.2) is 0 Å². The van der Waals surface area contributed by atoms with E-state index in [2.05, 4.69) is 6.92 Å². The van der Waals surface area contributed by atoms with E-state index in [4.69, 9.17) is 14.9 Å². The molecule has 0 rings (SSSR count). The number of hydrogen-bond donors (Lipinski definition) is 2. The average Bonchev–Trinajstić information content (AvgIpc) is 2.65. The molecule has 0 saturated heterocycles. The van der Waals surface area contributed by atoms with Crippen LogP contribution in [0.4, 0.5) is 0 Å². The Morgan fingerprint density at radius 3 is 1.42 bits per heavy atom. The highest BCUT2D eigenvalue weighted by atomic mass is 16.6. The van der Waals surface area contributed by atoms with E-state index in [-0.39, 0.29) is 5.97 Å². The highest BCUT2D eigenvalue weighted by molar-refractivity contribution is 5.88. The van der Waals surface area contributed by atoms with Gasteiger partial charge in [-0.25, -0.2) is 0 Å². The standard InChI is InChI=1S/C16H30O3.2C4H8O2/c1-5-7-8-9-10-11-13-16(3,4)15(18)19-14(17)12-6-2;2*1-2-3-4(5)6/h5-13H2,1-4H3;2*2-3H2,1H3,(H,5,6). The Morgan fingerprint density at radius 2 is 1.06 bits per heavy atom. The van der Waals surface area contributed by atoms with Crippen LogP contribution in [0.2, 0.25) is 0 Å². The molecule has 0 aliphatic carbocycles. The number of carboxylic acids is 2. The zero-order valence-electron chi connectivity index (χ0n) is 20.6. The third kappa shape index (κ3) is 28.1. The normalized spacial score (nSPS) is 10.1. The molecule has 7 nitrogen and oxygen atoms in total. The molecule has 0 saturated carbocycles. The number of aliphatic carboxylic acids is 2. The summed E-state index contributed by atoms with van der Waals surface area (Å²) < 4.78 is 4.87. The molecule has 0 spiro atoms. The van der Waals surface area contributed by atoms with Crippen molar-refractivity contribution in [3.63, 3.8) is 0 Å². The Kier molecular flexibility index (Phi) is 24.7. The second kappa shape index (κ2) is 22.8. The summed E-state index contributed by atoms with van der Waals surface area (Å²) in [5.74, 6) is -2.20. The molecule has 7 heteroatoms. The molecule has 31 heavy (non-hydrogen) atoms. The monoisotopic (exact) mass is 446 g/mol. The summed E-state index contributed by atoms with van der Waals surface area (Å²) in [7, 11) is 0. The molecule has 0 fully saturated rings. The van der Waals surface area contributed by atoms with Crippen molar-refractivity contribution in [2.24, 2.45) is 5.41 Å². The van der Waals surface area contributed by atoms with Crippen molar-refractivity contribution in [1.29, 1.82) is 0 Å². The average molecular weight is 447 g/mol. The van der Waals surface area contributed by atoms with Crippen molar-refractivity contribution in [3.8, 4) is 0 Å². The van der Waals surface area contributed by atoms with E-state index in [0.29, 0.717) is 25.7 Å². The Labute approximate surface area is 188 Å². The van der Waals surface area contributed by atoms with Gasteiger partial charge in [0.2, 0.25) is 0 Å². The van der Waals surface area contributed by atoms with Crippen molar-refractivity contribution < 1.29 is 34.1 Å². The van der Waals surface area contributed by atoms with E-state index in [1.54, 1.807) is 0 Å². The second-order valence-electron chi connectivity index (χ2n) is 8.20. The van der Waals surface area contributed by atoms with Crippen molar-refractivity contribution in [3.05, 3.63) is 0 Å². The van der Waals surface area contributed by atoms with Gasteiger partial charge in [-0.15, -0.1) is 0 Å². The third-order valence-corrected chi connectivity index (χ3v) is 4.30. The first-order valence-corrected chi connectivity index (χ1v) is 11.7. The molecular formula is C24H46O7. The van der Waals surface area contributed by atoms with Gasteiger partial charge in [-0.05, 0) is 39.5 Å². The zero-order valence-corrected chi connectivity index (χ0v) is 20.6. The lowest BCUT2D eigenvalue weighted by Crippen LogP contribution is -2.28. The number of carbonyl (C=O) groups is 4. The van der Waals surface area contributed by atoms with Crippen LogP contribution >= 0.6 is 0 Å². The minimum atomic E-state index is -0.711. The van der Waals surface area contributed by atoms with Crippen LogP contribution in [0.25, 0.3) is 0 Å². The maximum atomic E-state index is 11.9. The third-order valence-electron chi connectivity index (χ3n) is 4.30. The van der Waals surface area contributed by atoms with Crippen LogP contribution < -0.4 is 0 Å². The van der Waals surface area contributed by atoms with Crippen molar-refractivity contribution in [1.82, 2.24) is 0 Å². The molecule has 184 valence electrons. The van der Waals surface area contributed by atoms with Gasteiger partial charge in [0, 0.05) is 19.3 Å². The Bertz CT molecular complexity index is 468. The van der Waals surface area contributed by atoms with Gasteiger partial charge >= 0.3 is 23.9 Å². The quantitative estimate of drug-likeness (QED) is 0.181. The van der Waals surface area contributed by atoms with Gasteiger partial charge in [0.05, 0.1) is 5.41 Å². The van der Waals surface area contributed by atoms with Crippen LogP contribution in [-0.2, 0) is 23.9 Å². The van der Waals surface area contributed by atoms with Crippen LogP contribution in [0.3, 0.4) is 0 Å². The molecular weight excluding hydrogens is 400 g/mol. The Balaban J connectivity index is -0.000000532. The highest BCUT2D eigenvalue weighted by Gasteiger charge is 2.30. The second-order valence-corrected chi connectivity index (χ2v) is 8.20. The molecule has 0 radical (unpaired) electrons. The lowest BCUT2D eigenvalue weighted by atomic mass is 9.87. The van der Waals surface area contributed by atoms with Gasteiger partial charge in [0.1, 0.15) is 0 Å². The van der Waals surface area contributed by atoms with Gasteiger partial charge < -0.3 is 14.9 Å². The Hall–Kier alpha value is -1.92. The number of rotatable bonds is 14. The van der Waals surface area contributed by atoms with Crippen LogP contribution in [-0.4, -0.2) is 34.1 Å². The number of unbranched alkanes of at least 4 members (excludes halogenated alkanes) is 5. The molecule has 0 atom stereocenters. The summed E-state index contributed by atoms with van der Waals surface area (Å²) in [4.78, 5) is 42.4. The zero-order chi connectivity index (χ0) is 24.7. The van der Waals surface area contributed by atoms with Gasteiger partial charge in [-0.1, -0.05) is 66.2 Å². The number of ether oxygens (including phenoxy) is 1. The molecule has 0 aromatic heterocycles. The van der Waals surface area contributed by atoms with Crippen LogP contribution in [0.1, 0.15) is 125 Å². The van der Waals surface area contributed by atoms with E-state index in [0.717, 1.165) is 32.1 Å². The number of hydrogen-bond acceptors (Lipinski definition) is 5.